The molecule has 0 spiro atoms. The van der Waals surface area contributed by atoms with Crippen molar-refractivity contribution in [1.82, 2.24) is 10.2 Å². The van der Waals surface area contributed by atoms with Gasteiger partial charge in [0.2, 0.25) is 0 Å². The van der Waals surface area contributed by atoms with Crippen molar-refractivity contribution in [3.8, 4) is 16.2 Å². The molecule has 6 heteroatoms. The van der Waals surface area contributed by atoms with Crippen LogP contribution in [-0.2, 0) is 12.8 Å². The Morgan fingerprint density at radius 2 is 1.66 bits per heavy atom. The van der Waals surface area contributed by atoms with Crippen LogP contribution < -0.4 is 10.1 Å². The number of rotatable bonds is 13. The van der Waals surface area contributed by atoms with Crippen molar-refractivity contribution in [2.24, 2.45) is 0 Å². The van der Waals surface area contributed by atoms with Gasteiger partial charge in [0.1, 0.15) is 12.4 Å². The molecule has 0 amide bonds. The molecule has 3 N–H and O–H groups in total. The summed E-state index contributed by atoms with van der Waals surface area (Å²) in [6, 6.07) is 26.2. The lowest BCUT2D eigenvalue weighted by Crippen LogP contribution is -2.30. The average Bonchev–Trinajstić information content (AvgIpc) is 3.61. The zero-order chi connectivity index (χ0) is 26.2. The number of ether oxygens (including phenoxy) is 1. The maximum absolute atomic E-state index is 9.48. The Kier molecular flexibility index (Phi) is 9.44. The van der Waals surface area contributed by atoms with E-state index in [4.69, 9.17) is 9.84 Å². The molecule has 0 radical (unpaired) electrons. The molecule has 4 aromatic rings. The van der Waals surface area contributed by atoms with Gasteiger partial charge in [-0.3, -0.25) is 4.90 Å². The van der Waals surface area contributed by atoms with Gasteiger partial charge in [-0.25, -0.2) is 0 Å². The minimum absolute atomic E-state index is 0.212. The molecule has 1 aromatic heterocycles. The second-order valence-corrected chi connectivity index (χ2v) is 11.2. The van der Waals surface area contributed by atoms with E-state index in [2.05, 4.69) is 83.0 Å². The molecule has 2 heterocycles. The van der Waals surface area contributed by atoms with Gasteiger partial charge in [0.05, 0.1) is 12.7 Å². The first-order chi connectivity index (χ1) is 18.7. The fourth-order valence-corrected chi connectivity index (χ4v) is 6.33. The number of aliphatic hydroxyl groups is 2. The van der Waals surface area contributed by atoms with Gasteiger partial charge < -0.3 is 20.3 Å². The summed E-state index contributed by atoms with van der Waals surface area (Å²) in [7, 11) is 0. The zero-order valence-corrected chi connectivity index (χ0v) is 22.8. The van der Waals surface area contributed by atoms with Crippen LogP contribution in [0.25, 0.3) is 20.5 Å². The van der Waals surface area contributed by atoms with Crippen LogP contribution in [0, 0.1) is 0 Å². The Morgan fingerprint density at radius 1 is 0.921 bits per heavy atom. The molecule has 1 atom stereocenters. The predicted octanol–water partition coefficient (Wildman–Crippen LogP) is 5.12. The van der Waals surface area contributed by atoms with E-state index in [1.165, 1.54) is 63.1 Å². The van der Waals surface area contributed by atoms with Gasteiger partial charge in [0, 0.05) is 22.7 Å². The quantitative estimate of drug-likeness (QED) is 0.210. The fourth-order valence-electron chi connectivity index (χ4n) is 5.10. The molecule has 1 unspecified atom stereocenters. The summed E-state index contributed by atoms with van der Waals surface area (Å²) < 4.78 is 7.33. The van der Waals surface area contributed by atoms with Crippen LogP contribution in [0.1, 0.15) is 29.5 Å². The van der Waals surface area contributed by atoms with Gasteiger partial charge in [-0.15, -0.1) is 11.3 Å². The molecule has 0 bridgehead atoms. The summed E-state index contributed by atoms with van der Waals surface area (Å²) in [6.07, 6.45) is 3.68. The van der Waals surface area contributed by atoms with Gasteiger partial charge in [-0.2, -0.15) is 0 Å². The molecule has 1 saturated heterocycles. The lowest BCUT2D eigenvalue weighted by Gasteiger charge is -2.15. The zero-order valence-electron chi connectivity index (χ0n) is 21.9. The number of nitrogens with one attached hydrogen (secondary N) is 1. The van der Waals surface area contributed by atoms with E-state index in [1.807, 2.05) is 11.3 Å². The molecule has 0 aliphatic carbocycles. The lowest BCUT2D eigenvalue weighted by atomic mass is 9.98. The number of fused-ring (bicyclic) bond motifs is 1. The maximum atomic E-state index is 9.48. The van der Waals surface area contributed by atoms with Crippen molar-refractivity contribution in [2.45, 2.75) is 31.8 Å². The third-order valence-corrected chi connectivity index (χ3v) is 8.54. The summed E-state index contributed by atoms with van der Waals surface area (Å²) in [5.41, 5.74) is 5.16. The molecule has 5 nitrogen and oxygen atoms in total. The molecule has 1 aliphatic rings. The summed E-state index contributed by atoms with van der Waals surface area (Å²) in [5, 5.41) is 22.9. The Bertz CT molecular complexity index is 1280. The first kappa shape index (κ1) is 26.9. The topological polar surface area (TPSA) is 65.0 Å². The van der Waals surface area contributed by atoms with Crippen LogP contribution in [0.4, 0.5) is 0 Å². The Balaban J connectivity index is 1.26. The monoisotopic (exact) mass is 530 g/mol. The normalized spacial score (nSPS) is 14.8. The molecule has 3 aromatic carbocycles. The number of hydrogen-bond donors (Lipinski definition) is 3. The maximum Gasteiger partial charge on any atom is 0.119 e. The predicted molar refractivity (Wildman–Crippen MR) is 157 cm³/mol. The van der Waals surface area contributed by atoms with Crippen LogP contribution >= 0.6 is 11.3 Å². The summed E-state index contributed by atoms with van der Waals surface area (Å²) in [4.78, 5) is 3.80. The lowest BCUT2D eigenvalue weighted by molar-refractivity contribution is 0.0947. The molecule has 1 fully saturated rings. The Hall–Kier alpha value is -2.74. The molecular formula is C32H38N2O3S. The number of nitrogens with zero attached hydrogens (tertiary/aromatic N) is 1. The molecule has 0 saturated carbocycles. The van der Waals surface area contributed by atoms with Crippen LogP contribution in [0.5, 0.6) is 5.75 Å². The first-order valence-electron chi connectivity index (χ1n) is 13.7. The number of thiophene rings is 1. The fraction of sp³-hybridized carbons (Fsp3) is 0.375. The third kappa shape index (κ3) is 7.01. The van der Waals surface area contributed by atoms with Crippen molar-refractivity contribution >= 4 is 21.4 Å². The molecule has 1 aliphatic heterocycles. The van der Waals surface area contributed by atoms with Crippen LogP contribution in [0.2, 0.25) is 0 Å². The van der Waals surface area contributed by atoms with E-state index in [9.17, 15) is 5.11 Å². The van der Waals surface area contributed by atoms with Crippen molar-refractivity contribution in [1.29, 1.82) is 0 Å². The summed E-state index contributed by atoms with van der Waals surface area (Å²) in [6.45, 7) is 5.12. The SMILES string of the molecule is OCC(O)CNCCc1ccc(-c2sc3ccccc3c2Cc2ccc(OCCN3CCCC3)cc2)cc1. The van der Waals surface area contributed by atoms with Crippen molar-refractivity contribution in [3.63, 3.8) is 0 Å². The standard InChI is InChI=1S/C32H38N2O3S/c35-23-27(36)22-33-16-15-24-7-11-26(12-8-24)32-30(29-5-1-2-6-31(29)38-32)21-25-9-13-28(14-10-25)37-20-19-34-17-3-4-18-34/h1-2,5-14,27,33,35-36H,3-4,15-23H2. The minimum atomic E-state index is -0.702. The third-order valence-electron chi connectivity index (χ3n) is 7.27. The molecule has 5 rings (SSSR count). The van der Waals surface area contributed by atoms with E-state index in [0.717, 1.165) is 38.3 Å². The highest BCUT2D eigenvalue weighted by atomic mass is 32.1. The first-order valence-corrected chi connectivity index (χ1v) is 14.5. The van der Waals surface area contributed by atoms with Gasteiger partial charge in [0.15, 0.2) is 0 Å². The van der Waals surface area contributed by atoms with E-state index < -0.39 is 6.10 Å². The second kappa shape index (κ2) is 13.4. The van der Waals surface area contributed by atoms with E-state index >= 15 is 0 Å². The molecular weight excluding hydrogens is 492 g/mol. The van der Waals surface area contributed by atoms with Gasteiger partial charge in [0.25, 0.3) is 0 Å². The Labute approximate surface area is 229 Å². The van der Waals surface area contributed by atoms with E-state index in [1.54, 1.807) is 0 Å². The largest absolute Gasteiger partial charge is 0.492 e. The van der Waals surface area contributed by atoms with E-state index in [-0.39, 0.29) is 6.61 Å². The van der Waals surface area contributed by atoms with Crippen molar-refractivity contribution in [2.75, 3.05) is 45.9 Å². The van der Waals surface area contributed by atoms with Gasteiger partial charge in [-0.1, -0.05) is 54.6 Å². The average molecular weight is 531 g/mol. The van der Waals surface area contributed by atoms with Gasteiger partial charge >= 0.3 is 0 Å². The van der Waals surface area contributed by atoms with Crippen LogP contribution in [-0.4, -0.2) is 67.2 Å². The minimum Gasteiger partial charge on any atom is -0.492 e. The number of likely N-dealkylation sites (tertiary alicyclic amines) is 1. The van der Waals surface area contributed by atoms with Crippen molar-refractivity contribution < 1.29 is 14.9 Å². The van der Waals surface area contributed by atoms with Crippen LogP contribution in [0.15, 0.2) is 72.8 Å². The highest BCUT2D eigenvalue weighted by Gasteiger charge is 2.15. The smallest absolute Gasteiger partial charge is 0.119 e. The summed E-state index contributed by atoms with van der Waals surface area (Å²) in [5.74, 6) is 0.944. The van der Waals surface area contributed by atoms with Crippen molar-refractivity contribution in [3.05, 3.63) is 89.5 Å². The number of aliphatic hydroxyl groups excluding tert-OH is 2. The highest BCUT2D eigenvalue weighted by molar-refractivity contribution is 7.22. The second-order valence-electron chi connectivity index (χ2n) is 10.1. The number of hydrogen-bond acceptors (Lipinski definition) is 6. The van der Waals surface area contributed by atoms with Crippen LogP contribution in [0.3, 0.4) is 0 Å². The van der Waals surface area contributed by atoms with Gasteiger partial charge in [-0.05, 0) is 91.2 Å². The summed E-state index contributed by atoms with van der Waals surface area (Å²) >= 11 is 1.86. The Morgan fingerprint density at radius 3 is 2.42 bits per heavy atom. The number of benzene rings is 3. The highest BCUT2D eigenvalue weighted by Crippen LogP contribution is 2.40. The molecule has 38 heavy (non-hydrogen) atoms. The molecule has 200 valence electrons. The van der Waals surface area contributed by atoms with E-state index in [0.29, 0.717) is 6.54 Å².